The van der Waals surface area contributed by atoms with E-state index in [4.69, 9.17) is 9.57 Å². The smallest absolute Gasteiger partial charge is 0.295 e. The van der Waals surface area contributed by atoms with Gasteiger partial charge in [-0.15, -0.1) is 22.7 Å². The van der Waals surface area contributed by atoms with Gasteiger partial charge < -0.3 is 20.1 Å². The largest absolute Gasteiger partial charge is 0.492 e. The monoisotopic (exact) mass is 435 g/mol. The van der Waals surface area contributed by atoms with E-state index in [2.05, 4.69) is 27.6 Å². The molecule has 0 aliphatic carbocycles. The number of nitrogens with zero attached hydrogens (tertiary/aromatic N) is 5. The Bertz CT molecular complexity index is 1080. The zero-order valence-corrected chi connectivity index (χ0v) is 16.2. The van der Waals surface area contributed by atoms with Crippen LogP contribution in [-0.4, -0.2) is 64.3 Å². The molecule has 12 nitrogen and oxygen atoms in total. The summed E-state index contributed by atoms with van der Waals surface area (Å²) < 4.78 is 7.00. The lowest BCUT2D eigenvalue weighted by molar-refractivity contribution is -0.786. The van der Waals surface area contributed by atoms with Crippen molar-refractivity contribution in [3.63, 3.8) is 0 Å². The molecule has 1 aliphatic rings. The predicted octanol–water partition coefficient (Wildman–Crippen LogP) is 0.0138. The molecule has 2 aromatic heterocycles. The van der Waals surface area contributed by atoms with Gasteiger partial charge in [-0.05, 0) is 5.56 Å². The van der Waals surface area contributed by atoms with Gasteiger partial charge in [-0.25, -0.2) is 9.97 Å². The van der Waals surface area contributed by atoms with Gasteiger partial charge >= 0.3 is 0 Å². The minimum Gasteiger partial charge on any atom is -0.492 e. The molecule has 0 saturated carbocycles. The van der Waals surface area contributed by atoms with E-state index in [-0.39, 0.29) is 17.6 Å². The molecule has 0 bridgehead atoms. The summed E-state index contributed by atoms with van der Waals surface area (Å²) in [5, 5.41) is 39.1. The van der Waals surface area contributed by atoms with Gasteiger partial charge in [0.1, 0.15) is 24.9 Å². The van der Waals surface area contributed by atoms with E-state index in [1.807, 2.05) is 0 Å². The first kappa shape index (κ1) is 20.3. The number of fused-ring (bicyclic) bond motifs is 1. The molecular weight excluding hydrogens is 418 g/mol. The van der Waals surface area contributed by atoms with Crippen LogP contribution in [0, 0.1) is 10.1 Å². The Hall–Kier alpha value is -3.00. The van der Waals surface area contributed by atoms with Crippen molar-refractivity contribution >= 4 is 23.8 Å². The first-order valence-electron chi connectivity index (χ1n) is 8.76. The molecule has 0 amide bonds. The molecule has 158 valence electrons. The van der Waals surface area contributed by atoms with E-state index in [1.165, 1.54) is 10.9 Å². The Morgan fingerprint density at radius 2 is 2.03 bits per heavy atom. The summed E-state index contributed by atoms with van der Waals surface area (Å²) in [5.41, 5.74) is -1.50. The van der Waals surface area contributed by atoms with Gasteiger partial charge in [0, 0.05) is 6.42 Å². The Balaban J connectivity index is 1.95. The van der Waals surface area contributed by atoms with Gasteiger partial charge in [0.05, 0.1) is 6.61 Å². The second-order valence-corrected chi connectivity index (χ2v) is 7.35. The lowest BCUT2D eigenvalue weighted by Crippen LogP contribution is -2.59. The predicted molar refractivity (Wildman–Crippen MR) is 103 cm³/mol. The van der Waals surface area contributed by atoms with E-state index in [0.29, 0.717) is 5.56 Å². The molecule has 1 aromatic carbocycles. The molecule has 0 radical (unpaired) electrons. The highest BCUT2D eigenvalue weighted by Gasteiger charge is 2.68. The van der Waals surface area contributed by atoms with Gasteiger partial charge in [-0.3, -0.25) is 9.40 Å². The lowest BCUT2D eigenvalue weighted by Gasteiger charge is -2.40. The molecule has 3 N–H and O–H groups in total. The quantitative estimate of drug-likeness (QED) is 0.235. The fraction of sp³-hybridized carbons (Fsp3) is 0.353. The molecule has 1 saturated heterocycles. The third-order valence-corrected chi connectivity index (χ3v) is 5.76. The second-order valence-electron chi connectivity index (χ2n) is 6.74. The van der Waals surface area contributed by atoms with Gasteiger partial charge in [-0.1, -0.05) is 30.3 Å². The Morgan fingerprint density at radius 1 is 1.30 bits per heavy atom. The van der Waals surface area contributed by atoms with Crippen LogP contribution in [0.5, 0.6) is 5.88 Å². The number of hydrogen-bond donors (Lipinski definition) is 4. The molecule has 0 unspecified atom stereocenters. The molecule has 1 aliphatic heterocycles. The Labute approximate surface area is 174 Å². The number of imidazole rings is 1. The zero-order valence-electron chi connectivity index (χ0n) is 15.3. The van der Waals surface area contributed by atoms with Crippen LogP contribution < -0.4 is 0 Å². The molecule has 30 heavy (non-hydrogen) atoms. The van der Waals surface area contributed by atoms with Crippen molar-refractivity contribution in [3.05, 3.63) is 58.7 Å². The van der Waals surface area contributed by atoms with Crippen molar-refractivity contribution in [3.8, 4) is 5.88 Å². The second kappa shape index (κ2) is 7.36. The average molecular weight is 435 g/mol. The van der Waals surface area contributed by atoms with Gasteiger partial charge in [0.25, 0.3) is 5.09 Å². The maximum Gasteiger partial charge on any atom is 0.295 e. The zero-order chi connectivity index (χ0) is 21.5. The van der Waals surface area contributed by atoms with Crippen molar-refractivity contribution in [1.29, 1.82) is 0 Å². The molecule has 4 rings (SSSR count). The van der Waals surface area contributed by atoms with Crippen LogP contribution in [0.1, 0.15) is 5.56 Å². The van der Waals surface area contributed by atoms with Crippen LogP contribution in [0.3, 0.4) is 0 Å². The minimum absolute atomic E-state index is 0.00817. The lowest BCUT2D eigenvalue weighted by atomic mass is 9.86. The number of ether oxygens (including phenoxy) is 1. The number of rotatable bonds is 6. The molecule has 0 spiro atoms. The Morgan fingerprint density at radius 3 is 2.70 bits per heavy atom. The minimum atomic E-state index is -2.11. The maximum atomic E-state index is 11.5. The van der Waals surface area contributed by atoms with Crippen LogP contribution in [0.25, 0.3) is 11.2 Å². The normalized spacial score (nSPS) is 28.6. The number of thiol groups is 1. The summed E-state index contributed by atoms with van der Waals surface area (Å²) in [6.07, 6.45) is -0.874. The average Bonchev–Trinajstić information content (AvgIpc) is 3.24. The molecule has 3 aromatic rings. The van der Waals surface area contributed by atoms with Crippen LogP contribution in [0.2, 0.25) is 0 Å². The fourth-order valence-electron chi connectivity index (χ4n) is 3.71. The molecular formula is C17H17N5O7S. The highest BCUT2D eigenvalue weighted by Crippen LogP contribution is 2.51. The van der Waals surface area contributed by atoms with Gasteiger partial charge in [0.2, 0.25) is 16.5 Å². The van der Waals surface area contributed by atoms with Crippen molar-refractivity contribution in [2.75, 3.05) is 6.61 Å². The molecule has 4 atom stereocenters. The number of aromatic hydroxyl groups is 1. The molecule has 3 heterocycles. The van der Waals surface area contributed by atoms with E-state index in [9.17, 15) is 25.4 Å². The number of aliphatic hydroxyl groups is 2. The third-order valence-electron chi connectivity index (χ3n) is 5.06. The topological polar surface area (TPSA) is 166 Å². The standard InChI is InChI=1S/C17H17N5O7S/c23-7-11-13(24)16(29-22(26)27,6-10-4-2-1-3-5-10)17(30,28-11)21-9-20-12-14(21)18-8-19-15(12)25/h1-5,8-9,11,13,23-24,30H,6-7H2,(H,18,19,25)/t11-,13-,16-,17+/m1/s1. The van der Waals surface area contributed by atoms with Gasteiger partial charge in [-0.2, -0.15) is 4.98 Å². The van der Waals surface area contributed by atoms with Crippen LogP contribution in [0.4, 0.5) is 0 Å². The van der Waals surface area contributed by atoms with Gasteiger partial charge in [0.15, 0.2) is 11.2 Å². The van der Waals surface area contributed by atoms with Crippen molar-refractivity contribution < 1.29 is 30.0 Å². The third kappa shape index (κ3) is 2.94. The summed E-state index contributed by atoms with van der Waals surface area (Å²) >= 11 is 4.56. The summed E-state index contributed by atoms with van der Waals surface area (Å²) in [6.45, 7) is -0.659. The SMILES string of the molecule is O=[N+]([O-])O[C@]1(Cc2ccccc2)[C@H](O)[C@@H](CO)O[C@@]1(S)n1cnc2c(O)ncnc21. The van der Waals surface area contributed by atoms with E-state index in [0.717, 1.165) is 6.33 Å². The first-order valence-corrected chi connectivity index (χ1v) is 9.21. The fourth-order valence-corrected chi connectivity index (χ4v) is 4.24. The number of benzene rings is 1. The molecule has 13 heteroatoms. The van der Waals surface area contributed by atoms with Crippen molar-refractivity contribution in [2.45, 2.75) is 29.3 Å². The van der Waals surface area contributed by atoms with E-state index < -0.39 is 40.4 Å². The number of aliphatic hydroxyl groups excluding tert-OH is 2. The van der Waals surface area contributed by atoms with Crippen LogP contribution in [0.15, 0.2) is 43.0 Å². The number of aromatic nitrogens is 4. The summed E-state index contributed by atoms with van der Waals surface area (Å²) in [5.74, 6) is -0.420. The maximum absolute atomic E-state index is 11.5. The highest BCUT2D eigenvalue weighted by molar-refractivity contribution is 7.81. The van der Waals surface area contributed by atoms with Crippen LogP contribution >= 0.6 is 12.6 Å². The summed E-state index contributed by atoms with van der Waals surface area (Å²) in [7, 11) is 0. The van der Waals surface area contributed by atoms with E-state index >= 15 is 0 Å². The first-order chi connectivity index (χ1) is 14.3. The molecule has 1 fully saturated rings. The highest BCUT2D eigenvalue weighted by atomic mass is 32.1. The van der Waals surface area contributed by atoms with Crippen LogP contribution in [-0.2, 0) is 21.1 Å². The van der Waals surface area contributed by atoms with Crippen molar-refractivity contribution in [1.82, 2.24) is 19.5 Å². The van der Waals surface area contributed by atoms with E-state index in [1.54, 1.807) is 30.3 Å². The summed E-state index contributed by atoms with van der Waals surface area (Å²) in [4.78, 5) is 28.3. The van der Waals surface area contributed by atoms with Crippen molar-refractivity contribution in [2.24, 2.45) is 0 Å². The Kier molecular flexibility index (Phi) is 4.97. The summed E-state index contributed by atoms with van der Waals surface area (Å²) in [6, 6.07) is 8.59. The number of hydrogen-bond acceptors (Lipinski definition) is 11.